The molecule has 2 aliphatic rings. The standard InChI is InChI=1S/C22H33F2N5O2/c1-3-25-22(26-15-17(2)18-4-5-19(23)20(24)14-18)29-8-6-27(7-9-29)16-21(30)28-10-12-31-13-11-28/h4-5,14,17H,3,6-13,15-16H2,1-2H3,(H,25,26). The Morgan fingerprint density at radius 2 is 1.81 bits per heavy atom. The topological polar surface area (TPSA) is 60.4 Å². The first-order valence-electron chi connectivity index (χ1n) is 11.0. The number of halogens is 2. The van der Waals surface area contributed by atoms with Crippen molar-refractivity contribution in [3.05, 3.63) is 35.4 Å². The quantitative estimate of drug-likeness (QED) is 0.540. The first kappa shape index (κ1) is 23.4. The first-order chi connectivity index (χ1) is 15.0. The van der Waals surface area contributed by atoms with Gasteiger partial charge in [0.15, 0.2) is 17.6 Å². The maximum absolute atomic E-state index is 13.5. The smallest absolute Gasteiger partial charge is 0.236 e. The molecule has 1 aromatic carbocycles. The van der Waals surface area contributed by atoms with Gasteiger partial charge < -0.3 is 19.9 Å². The van der Waals surface area contributed by atoms with Crippen molar-refractivity contribution in [2.75, 3.05) is 72.1 Å². The van der Waals surface area contributed by atoms with E-state index in [2.05, 4.69) is 15.1 Å². The number of rotatable bonds is 6. The fourth-order valence-corrected chi connectivity index (χ4v) is 3.80. The number of piperazine rings is 1. The molecule has 2 aliphatic heterocycles. The fourth-order valence-electron chi connectivity index (χ4n) is 3.80. The number of morpholine rings is 1. The number of amides is 1. The van der Waals surface area contributed by atoms with Crippen molar-refractivity contribution in [1.82, 2.24) is 20.0 Å². The monoisotopic (exact) mass is 437 g/mol. The zero-order valence-corrected chi connectivity index (χ0v) is 18.4. The van der Waals surface area contributed by atoms with Crippen LogP contribution >= 0.6 is 0 Å². The van der Waals surface area contributed by atoms with Crippen LogP contribution in [0.3, 0.4) is 0 Å². The molecule has 1 atom stereocenters. The van der Waals surface area contributed by atoms with Crippen molar-refractivity contribution in [2.24, 2.45) is 4.99 Å². The Hall–Kier alpha value is -2.26. The average molecular weight is 438 g/mol. The highest BCUT2D eigenvalue weighted by atomic mass is 19.2. The second-order valence-corrected chi connectivity index (χ2v) is 8.03. The number of carbonyl (C=O) groups excluding carboxylic acids is 1. The van der Waals surface area contributed by atoms with E-state index in [9.17, 15) is 13.6 Å². The summed E-state index contributed by atoms with van der Waals surface area (Å²) in [7, 11) is 0. The third-order valence-corrected chi connectivity index (χ3v) is 5.76. The van der Waals surface area contributed by atoms with E-state index < -0.39 is 11.6 Å². The molecule has 2 fully saturated rings. The van der Waals surface area contributed by atoms with E-state index in [1.54, 1.807) is 6.07 Å². The van der Waals surface area contributed by atoms with Crippen molar-refractivity contribution < 1.29 is 18.3 Å². The van der Waals surface area contributed by atoms with Gasteiger partial charge in [0.1, 0.15) is 0 Å². The van der Waals surface area contributed by atoms with E-state index in [4.69, 9.17) is 9.73 Å². The molecule has 2 saturated heterocycles. The molecule has 1 unspecified atom stereocenters. The Balaban J connectivity index is 1.52. The zero-order valence-electron chi connectivity index (χ0n) is 18.4. The molecule has 0 aliphatic carbocycles. The normalized spacial score (nSPS) is 19.4. The minimum absolute atomic E-state index is 0.0313. The first-order valence-corrected chi connectivity index (χ1v) is 11.0. The summed E-state index contributed by atoms with van der Waals surface area (Å²) in [6, 6.07) is 4.01. The molecule has 9 heteroatoms. The summed E-state index contributed by atoms with van der Waals surface area (Å²) < 4.78 is 32.0. The Labute approximate surface area is 183 Å². The summed E-state index contributed by atoms with van der Waals surface area (Å²) in [5.41, 5.74) is 0.727. The lowest BCUT2D eigenvalue weighted by Crippen LogP contribution is -2.55. The maximum atomic E-state index is 13.5. The number of ether oxygens (including phenoxy) is 1. The van der Waals surface area contributed by atoms with E-state index >= 15 is 0 Å². The Kier molecular flexibility index (Phi) is 8.60. The van der Waals surface area contributed by atoms with Crippen LogP contribution in [0.4, 0.5) is 8.78 Å². The van der Waals surface area contributed by atoms with E-state index in [1.807, 2.05) is 18.7 Å². The van der Waals surface area contributed by atoms with Gasteiger partial charge >= 0.3 is 0 Å². The summed E-state index contributed by atoms with van der Waals surface area (Å²) >= 11 is 0. The Bertz CT molecular complexity index is 762. The predicted octanol–water partition coefficient (Wildman–Crippen LogP) is 1.51. The zero-order chi connectivity index (χ0) is 22.2. The third-order valence-electron chi connectivity index (χ3n) is 5.76. The van der Waals surface area contributed by atoms with Gasteiger partial charge in [0.25, 0.3) is 0 Å². The van der Waals surface area contributed by atoms with Crippen molar-refractivity contribution in [3.63, 3.8) is 0 Å². The average Bonchev–Trinajstić information content (AvgIpc) is 2.79. The molecule has 3 rings (SSSR count). The summed E-state index contributed by atoms with van der Waals surface area (Å²) in [6.45, 7) is 11.3. The van der Waals surface area contributed by atoms with Crippen LogP contribution in [0.15, 0.2) is 23.2 Å². The van der Waals surface area contributed by atoms with E-state index in [-0.39, 0.29) is 11.8 Å². The molecule has 0 radical (unpaired) electrons. The van der Waals surface area contributed by atoms with Crippen LogP contribution < -0.4 is 5.32 Å². The number of benzene rings is 1. The van der Waals surface area contributed by atoms with Crippen molar-refractivity contribution in [3.8, 4) is 0 Å². The number of hydrogen-bond acceptors (Lipinski definition) is 4. The Morgan fingerprint density at radius 1 is 1.10 bits per heavy atom. The third kappa shape index (κ3) is 6.61. The molecule has 0 spiro atoms. The van der Waals surface area contributed by atoms with Gasteiger partial charge in [0.05, 0.1) is 19.8 Å². The van der Waals surface area contributed by atoms with Crippen LogP contribution in [-0.4, -0.2) is 98.7 Å². The second-order valence-electron chi connectivity index (χ2n) is 8.03. The molecule has 0 saturated carbocycles. The van der Waals surface area contributed by atoms with E-state index in [1.165, 1.54) is 6.07 Å². The molecule has 2 heterocycles. The summed E-state index contributed by atoms with van der Waals surface area (Å²) in [5.74, 6) is -0.717. The SMILES string of the molecule is CCNC(=NCC(C)c1ccc(F)c(F)c1)N1CCN(CC(=O)N2CCOCC2)CC1. The van der Waals surface area contributed by atoms with Crippen LogP contribution in [-0.2, 0) is 9.53 Å². The molecule has 0 aromatic heterocycles. The minimum atomic E-state index is -0.835. The van der Waals surface area contributed by atoms with Gasteiger partial charge in [-0.3, -0.25) is 14.7 Å². The predicted molar refractivity (Wildman–Crippen MR) is 116 cm³/mol. The van der Waals surface area contributed by atoms with Crippen LogP contribution in [0.5, 0.6) is 0 Å². The van der Waals surface area contributed by atoms with Gasteiger partial charge in [-0.05, 0) is 24.6 Å². The molecule has 31 heavy (non-hydrogen) atoms. The highest BCUT2D eigenvalue weighted by molar-refractivity contribution is 5.80. The highest BCUT2D eigenvalue weighted by Crippen LogP contribution is 2.18. The number of aliphatic imine (C=N–C) groups is 1. The number of guanidine groups is 1. The highest BCUT2D eigenvalue weighted by Gasteiger charge is 2.24. The van der Waals surface area contributed by atoms with Crippen molar-refractivity contribution in [1.29, 1.82) is 0 Å². The summed E-state index contributed by atoms with van der Waals surface area (Å²) in [5, 5.41) is 3.32. The van der Waals surface area contributed by atoms with Gasteiger partial charge in [-0.15, -0.1) is 0 Å². The molecule has 7 nitrogen and oxygen atoms in total. The summed E-state index contributed by atoms with van der Waals surface area (Å²) in [4.78, 5) is 23.5. The molecular formula is C22H33F2N5O2. The molecule has 1 amide bonds. The second kappa shape index (κ2) is 11.4. The fraction of sp³-hybridized carbons (Fsp3) is 0.636. The van der Waals surface area contributed by atoms with Gasteiger partial charge in [-0.25, -0.2) is 8.78 Å². The number of carbonyl (C=O) groups is 1. The van der Waals surface area contributed by atoms with E-state index in [0.29, 0.717) is 39.4 Å². The van der Waals surface area contributed by atoms with Crippen LogP contribution in [0.25, 0.3) is 0 Å². The van der Waals surface area contributed by atoms with Gasteiger partial charge in [-0.2, -0.15) is 0 Å². The van der Waals surface area contributed by atoms with Crippen molar-refractivity contribution >= 4 is 11.9 Å². The lowest BCUT2D eigenvalue weighted by molar-refractivity contribution is -0.136. The van der Waals surface area contributed by atoms with Gasteiger partial charge in [-0.1, -0.05) is 13.0 Å². The Morgan fingerprint density at radius 3 is 2.45 bits per heavy atom. The lowest BCUT2D eigenvalue weighted by atomic mass is 10.0. The largest absolute Gasteiger partial charge is 0.378 e. The molecule has 1 aromatic rings. The van der Waals surface area contributed by atoms with Gasteiger partial charge in [0, 0.05) is 58.3 Å². The number of nitrogens with one attached hydrogen (secondary N) is 1. The van der Waals surface area contributed by atoms with Gasteiger partial charge in [0.2, 0.25) is 5.91 Å². The summed E-state index contributed by atoms with van der Waals surface area (Å²) in [6.07, 6.45) is 0. The molecule has 172 valence electrons. The molecule has 1 N–H and O–H groups in total. The number of nitrogens with zero attached hydrogens (tertiary/aromatic N) is 4. The van der Waals surface area contributed by atoms with Crippen LogP contribution in [0, 0.1) is 11.6 Å². The number of hydrogen-bond donors (Lipinski definition) is 1. The van der Waals surface area contributed by atoms with Crippen LogP contribution in [0.1, 0.15) is 25.3 Å². The molecular weight excluding hydrogens is 404 g/mol. The van der Waals surface area contributed by atoms with Crippen LogP contribution in [0.2, 0.25) is 0 Å². The van der Waals surface area contributed by atoms with Crippen molar-refractivity contribution in [2.45, 2.75) is 19.8 Å². The lowest BCUT2D eigenvalue weighted by Gasteiger charge is -2.37. The van der Waals surface area contributed by atoms with E-state index in [0.717, 1.165) is 50.3 Å². The molecule has 0 bridgehead atoms. The maximum Gasteiger partial charge on any atom is 0.236 e. The minimum Gasteiger partial charge on any atom is -0.378 e.